The molecule has 0 spiro atoms. The first kappa shape index (κ1) is 24.5. The number of rotatable bonds is 5. The molecule has 2 aromatic heterocycles. The highest BCUT2D eigenvalue weighted by Crippen LogP contribution is 2.34. The predicted molar refractivity (Wildman–Crippen MR) is 143 cm³/mol. The van der Waals surface area contributed by atoms with Crippen LogP contribution < -0.4 is 10.1 Å². The molecule has 192 valence electrons. The van der Waals surface area contributed by atoms with Crippen LogP contribution in [0.5, 0.6) is 5.75 Å². The fourth-order valence-electron chi connectivity index (χ4n) is 4.57. The maximum absolute atomic E-state index is 12.4. The van der Waals surface area contributed by atoms with Crippen molar-refractivity contribution in [1.29, 1.82) is 0 Å². The van der Waals surface area contributed by atoms with Gasteiger partial charge in [0.05, 0.1) is 30.6 Å². The number of benzene rings is 2. The number of carbonyl (C=O) groups excluding carboxylic acids is 1. The van der Waals surface area contributed by atoms with Crippen molar-refractivity contribution in [2.45, 2.75) is 45.3 Å². The zero-order valence-corrected chi connectivity index (χ0v) is 21.6. The van der Waals surface area contributed by atoms with E-state index in [0.29, 0.717) is 19.0 Å². The number of nitrogens with zero attached hydrogens (tertiary/aromatic N) is 5. The molecule has 0 radical (unpaired) electrons. The van der Waals surface area contributed by atoms with Crippen molar-refractivity contribution < 1.29 is 14.3 Å². The second kappa shape index (κ2) is 10.1. The monoisotopic (exact) mass is 500 g/mol. The van der Waals surface area contributed by atoms with E-state index in [-0.39, 0.29) is 12.1 Å². The minimum atomic E-state index is -0.491. The van der Waals surface area contributed by atoms with Crippen molar-refractivity contribution in [3.05, 3.63) is 61.1 Å². The van der Waals surface area contributed by atoms with Crippen molar-refractivity contribution in [2.75, 3.05) is 25.5 Å². The van der Waals surface area contributed by atoms with Gasteiger partial charge in [-0.1, -0.05) is 36.4 Å². The molecule has 37 heavy (non-hydrogen) atoms. The fourth-order valence-corrected chi connectivity index (χ4v) is 4.57. The van der Waals surface area contributed by atoms with E-state index in [1.807, 2.05) is 80.3 Å². The van der Waals surface area contributed by atoms with E-state index in [1.54, 1.807) is 18.2 Å². The van der Waals surface area contributed by atoms with Crippen molar-refractivity contribution in [3.8, 4) is 16.9 Å². The number of aromatic nitrogens is 4. The van der Waals surface area contributed by atoms with Gasteiger partial charge in [-0.3, -0.25) is 4.68 Å². The molecule has 1 fully saturated rings. The molecule has 1 aliphatic rings. The average Bonchev–Trinajstić information content (AvgIpc) is 3.36. The maximum Gasteiger partial charge on any atom is 0.410 e. The topological polar surface area (TPSA) is 94.4 Å². The van der Waals surface area contributed by atoms with Crippen molar-refractivity contribution in [2.24, 2.45) is 0 Å². The van der Waals surface area contributed by atoms with Crippen molar-refractivity contribution in [3.63, 3.8) is 0 Å². The molecule has 5 rings (SSSR count). The molecule has 9 nitrogen and oxygen atoms in total. The molecule has 1 N–H and O–H groups in total. The summed E-state index contributed by atoms with van der Waals surface area (Å²) >= 11 is 0. The Bertz CT molecular complexity index is 1400. The Hall–Kier alpha value is -4.14. The van der Waals surface area contributed by atoms with Gasteiger partial charge in [-0.15, -0.1) is 0 Å². The average molecular weight is 501 g/mol. The Morgan fingerprint density at radius 2 is 1.78 bits per heavy atom. The molecular formula is C28H32N6O3. The van der Waals surface area contributed by atoms with Crippen LogP contribution in [0.15, 0.2) is 61.1 Å². The molecule has 9 heteroatoms. The quantitative estimate of drug-likeness (QED) is 0.369. The van der Waals surface area contributed by atoms with E-state index in [1.165, 1.54) is 0 Å². The third kappa shape index (κ3) is 5.50. The van der Waals surface area contributed by atoms with Gasteiger partial charge in [0.25, 0.3) is 0 Å². The van der Waals surface area contributed by atoms with E-state index in [2.05, 4.69) is 15.4 Å². The lowest BCUT2D eigenvalue weighted by Crippen LogP contribution is -2.42. The normalized spacial score (nSPS) is 14.5. The summed E-state index contributed by atoms with van der Waals surface area (Å²) in [6, 6.07) is 14.2. The smallest absolute Gasteiger partial charge is 0.410 e. The number of nitrogens with one attached hydrogen (secondary N) is 1. The van der Waals surface area contributed by atoms with Gasteiger partial charge in [0.15, 0.2) is 0 Å². The Kier molecular flexibility index (Phi) is 6.69. The summed E-state index contributed by atoms with van der Waals surface area (Å²) in [7, 11) is 1.67. The van der Waals surface area contributed by atoms with Gasteiger partial charge in [-0.05, 0) is 39.7 Å². The molecule has 0 saturated carbocycles. The van der Waals surface area contributed by atoms with Gasteiger partial charge in [0, 0.05) is 42.0 Å². The summed E-state index contributed by atoms with van der Waals surface area (Å²) in [5.74, 6) is 1.29. The predicted octanol–water partition coefficient (Wildman–Crippen LogP) is 5.82. The maximum atomic E-state index is 12.4. The molecule has 1 saturated heterocycles. The van der Waals surface area contributed by atoms with Gasteiger partial charge in [-0.25, -0.2) is 14.8 Å². The summed E-state index contributed by atoms with van der Waals surface area (Å²) in [5.41, 5.74) is 3.11. The van der Waals surface area contributed by atoms with Gasteiger partial charge >= 0.3 is 6.09 Å². The zero-order valence-electron chi connectivity index (χ0n) is 21.6. The SMILES string of the molecule is COc1ccccc1-c1cccc2cnc(Nc3cnn(C4CCN(C(=O)OC(C)(C)C)CC4)c3)nc12. The Balaban J connectivity index is 1.30. The van der Waals surface area contributed by atoms with Gasteiger partial charge in [0.2, 0.25) is 5.95 Å². The number of piperidine rings is 1. The summed E-state index contributed by atoms with van der Waals surface area (Å²) in [4.78, 5) is 23.5. The van der Waals surface area contributed by atoms with Crippen LogP contribution in [0.1, 0.15) is 39.7 Å². The molecule has 1 aliphatic heterocycles. The molecule has 4 aromatic rings. The Morgan fingerprint density at radius 1 is 1.03 bits per heavy atom. The van der Waals surface area contributed by atoms with Crippen LogP contribution in [0.3, 0.4) is 0 Å². The molecule has 0 bridgehead atoms. The highest BCUT2D eigenvalue weighted by Gasteiger charge is 2.28. The molecule has 2 aromatic carbocycles. The molecule has 0 aliphatic carbocycles. The number of amides is 1. The lowest BCUT2D eigenvalue weighted by Gasteiger charge is -2.33. The van der Waals surface area contributed by atoms with E-state index >= 15 is 0 Å². The first-order chi connectivity index (χ1) is 17.8. The second-order valence-electron chi connectivity index (χ2n) is 10.2. The molecule has 0 unspecified atom stereocenters. The summed E-state index contributed by atoms with van der Waals surface area (Å²) in [5, 5.41) is 8.80. The fraction of sp³-hybridized carbons (Fsp3) is 0.357. The molecule has 0 atom stereocenters. The van der Waals surface area contributed by atoms with Crippen LogP contribution in [0.25, 0.3) is 22.0 Å². The van der Waals surface area contributed by atoms with Gasteiger partial charge in [-0.2, -0.15) is 5.10 Å². The summed E-state index contributed by atoms with van der Waals surface area (Å²) < 4.78 is 13.0. The minimum absolute atomic E-state index is 0.212. The van der Waals surface area contributed by atoms with Crippen LogP contribution in [0.4, 0.5) is 16.4 Å². The molecular weight excluding hydrogens is 468 g/mol. The number of hydrogen-bond donors (Lipinski definition) is 1. The highest BCUT2D eigenvalue weighted by molar-refractivity contribution is 5.95. The lowest BCUT2D eigenvalue weighted by atomic mass is 10.0. The van der Waals surface area contributed by atoms with E-state index in [0.717, 1.165) is 46.3 Å². The van der Waals surface area contributed by atoms with Crippen LogP contribution in [0, 0.1) is 0 Å². The Labute approximate surface area is 216 Å². The van der Waals surface area contributed by atoms with Crippen molar-refractivity contribution in [1.82, 2.24) is 24.6 Å². The lowest BCUT2D eigenvalue weighted by molar-refractivity contribution is 0.0185. The number of anilines is 2. The number of likely N-dealkylation sites (tertiary alicyclic amines) is 1. The number of hydrogen-bond acceptors (Lipinski definition) is 7. The standard InChI is InChI=1S/C28H32N6O3/c1-28(2,3)37-27(35)33-14-12-21(13-15-33)34-18-20(17-30-34)31-26-29-16-19-8-7-10-23(25(19)32-26)22-9-5-6-11-24(22)36-4/h5-11,16-18,21H,12-15H2,1-4H3,(H,29,31,32). The summed E-state index contributed by atoms with van der Waals surface area (Å²) in [6.07, 6.45) is 6.94. The van der Waals surface area contributed by atoms with Crippen LogP contribution in [-0.4, -0.2) is 56.5 Å². The third-order valence-electron chi connectivity index (χ3n) is 6.36. The molecule has 3 heterocycles. The third-order valence-corrected chi connectivity index (χ3v) is 6.36. The van der Waals surface area contributed by atoms with E-state index < -0.39 is 5.60 Å². The number of methoxy groups -OCH3 is 1. The van der Waals surface area contributed by atoms with Crippen molar-refractivity contribution >= 4 is 28.6 Å². The van der Waals surface area contributed by atoms with E-state index in [4.69, 9.17) is 14.5 Å². The first-order valence-electron chi connectivity index (χ1n) is 12.5. The van der Waals surface area contributed by atoms with Crippen LogP contribution >= 0.6 is 0 Å². The number of ether oxygens (including phenoxy) is 2. The number of fused-ring (bicyclic) bond motifs is 1. The largest absolute Gasteiger partial charge is 0.496 e. The van der Waals surface area contributed by atoms with Crippen LogP contribution in [0.2, 0.25) is 0 Å². The number of carbonyl (C=O) groups is 1. The van der Waals surface area contributed by atoms with Crippen LogP contribution in [-0.2, 0) is 4.74 Å². The molecule has 1 amide bonds. The first-order valence-corrected chi connectivity index (χ1v) is 12.5. The Morgan fingerprint density at radius 3 is 2.54 bits per heavy atom. The minimum Gasteiger partial charge on any atom is -0.496 e. The van der Waals surface area contributed by atoms with Gasteiger partial charge < -0.3 is 19.7 Å². The van der Waals surface area contributed by atoms with E-state index in [9.17, 15) is 4.79 Å². The summed E-state index contributed by atoms with van der Waals surface area (Å²) in [6.45, 7) is 6.93. The second-order valence-corrected chi connectivity index (χ2v) is 10.2. The van der Waals surface area contributed by atoms with Gasteiger partial charge in [0.1, 0.15) is 11.4 Å². The number of para-hydroxylation sites is 2. The zero-order chi connectivity index (χ0) is 26.0. The highest BCUT2D eigenvalue weighted by atomic mass is 16.6.